The number of aliphatic imine (C=N–C) groups is 1. The number of carboxylic acid groups (broad SMARTS) is 1. The lowest BCUT2D eigenvalue weighted by atomic mass is 9.96. The average molecular weight is 579 g/mol. The normalized spacial score (nSPS) is 14.5. The Morgan fingerprint density at radius 3 is 2.07 bits per heavy atom. The van der Waals surface area contributed by atoms with Crippen LogP contribution in [0.15, 0.2) is 29.3 Å². The largest absolute Gasteiger partial charge is 0.508 e. The molecule has 14 heteroatoms. The van der Waals surface area contributed by atoms with E-state index < -0.39 is 47.9 Å². The van der Waals surface area contributed by atoms with Crippen LogP contribution in [-0.4, -0.2) is 77.1 Å². The molecular formula is C27H46N8O6. The van der Waals surface area contributed by atoms with Crippen LogP contribution in [0.3, 0.4) is 0 Å². The molecule has 0 bridgehead atoms. The van der Waals surface area contributed by atoms with E-state index in [1.54, 1.807) is 19.1 Å². The Morgan fingerprint density at radius 2 is 1.51 bits per heavy atom. The van der Waals surface area contributed by atoms with Gasteiger partial charge in [0.1, 0.15) is 23.9 Å². The lowest BCUT2D eigenvalue weighted by molar-refractivity contribution is -0.142. The Balaban J connectivity index is 3.03. The van der Waals surface area contributed by atoms with E-state index in [-0.39, 0.29) is 43.4 Å². The molecule has 0 aromatic heterocycles. The molecular weight excluding hydrogens is 532 g/mol. The van der Waals surface area contributed by atoms with Crippen LogP contribution in [0.1, 0.15) is 57.9 Å². The Hall–Kier alpha value is -3.91. The van der Waals surface area contributed by atoms with Gasteiger partial charge in [-0.25, -0.2) is 4.79 Å². The van der Waals surface area contributed by atoms with Gasteiger partial charge in [0.2, 0.25) is 17.7 Å². The third kappa shape index (κ3) is 13.3. The minimum absolute atomic E-state index is 0.0856. The van der Waals surface area contributed by atoms with Gasteiger partial charge in [-0.3, -0.25) is 19.4 Å². The van der Waals surface area contributed by atoms with Gasteiger partial charge in [0.05, 0.1) is 6.04 Å². The molecule has 41 heavy (non-hydrogen) atoms. The highest BCUT2D eigenvalue weighted by Gasteiger charge is 2.32. The molecule has 0 fully saturated rings. The fourth-order valence-electron chi connectivity index (χ4n) is 4.00. The number of aliphatic carboxylic acids is 1. The number of nitrogens with one attached hydrogen (secondary N) is 3. The van der Waals surface area contributed by atoms with Crippen molar-refractivity contribution in [2.45, 2.75) is 83.0 Å². The first kappa shape index (κ1) is 35.1. The van der Waals surface area contributed by atoms with E-state index in [1.807, 2.05) is 6.92 Å². The number of hydrogen-bond acceptors (Lipinski definition) is 8. The van der Waals surface area contributed by atoms with Crippen molar-refractivity contribution in [3.8, 4) is 5.75 Å². The Bertz CT molecular complexity index is 1020. The molecule has 1 aromatic carbocycles. The second kappa shape index (κ2) is 18.4. The Morgan fingerprint density at radius 1 is 0.902 bits per heavy atom. The van der Waals surface area contributed by atoms with Gasteiger partial charge in [0.15, 0.2) is 5.96 Å². The summed E-state index contributed by atoms with van der Waals surface area (Å²) in [7, 11) is 0. The Labute approximate surface area is 240 Å². The number of aromatic hydroxyl groups is 1. The van der Waals surface area contributed by atoms with Gasteiger partial charge in [-0.15, -0.1) is 0 Å². The van der Waals surface area contributed by atoms with Crippen molar-refractivity contribution in [2.24, 2.45) is 33.8 Å². The number of phenols is 1. The van der Waals surface area contributed by atoms with Gasteiger partial charge in [-0.2, -0.15) is 0 Å². The molecule has 0 aliphatic carbocycles. The quantitative estimate of drug-likeness (QED) is 0.0551. The number of carboxylic acids is 1. The Kier molecular flexibility index (Phi) is 15.8. The second-order valence-electron chi connectivity index (χ2n) is 10.0. The maximum absolute atomic E-state index is 13.4. The first-order chi connectivity index (χ1) is 19.4. The smallest absolute Gasteiger partial charge is 0.326 e. The fraction of sp³-hybridized carbons (Fsp3) is 0.593. The molecule has 13 N–H and O–H groups in total. The summed E-state index contributed by atoms with van der Waals surface area (Å²) in [6.07, 6.45) is 2.43. The average Bonchev–Trinajstić information content (AvgIpc) is 2.92. The molecule has 0 aliphatic heterocycles. The molecule has 0 heterocycles. The summed E-state index contributed by atoms with van der Waals surface area (Å²) < 4.78 is 0. The number of nitrogens with two attached hydrogens (primary N) is 4. The maximum Gasteiger partial charge on any atom is 0.326 e. The van der Waals surface area contributed by atoms with Crippen LogP contribution >= 0.6 is 0 Å². The predicted octanol–water partition coefficient (Wildman–Crippen LogP) is -0.970. The zero-order chi connectivity index (χ0) is 30.9. The number of rotatable bonds is 19. The number of amides is 3. The zero-order valence-corrected chi connectivity index (χ0v) is 23.8. The summed E-state index contributed by atoms with van der Waals surface area (Å²) >= 11 is 0. The van der Waals surface area contributed by atoms with Crippen LogP contribution in [0.4, 0.5) is 0 Å². The van der Waals surface area contributed by atoms with Gasteiger partial charge < -0.3 is 49.1 Å². The first-order valence-electron chi connectivity index (χ1n) is 13.8. The number of unbranched alkanes of at least 4 members (excludes halogenated alkanes) is 1. The molecule has 3 amide bonds. The third-order valence-electron chi connectivity index (χ3n) is 6.66. The molecule has 0 spiro atoms. The van der Waals surface area contributed by atoms with Crippen molar-refractivity contribution < 1.29 is 29.4 Å². The zero-order valence-electron chi connectivity index (χ0n) is 23.8. The molecule has 0 aliphatic rings. The summed E-state index contributed by atoms with van der Waals surface area (Å²) in [6, 6.07) is 2.02. The number of hydrogen-bond donors (Lipinski definition) is 9. The van der Waals surface area contributed by atoms with Gasteiger partial charge >= 0.3 is 5.97 Å². The predicted molar refractivity (Wildman–Crippen MR) is 155 cm³/mol. The van der Waals surface area contributed by atoms with E-state index >= 15 is 0 Å². The van der Waals surface area contributed by atoms with E-state index in [9.17, 15) is 29.4 Å². The van der Waals surface area contributed by atoms with Crippen LogP contribution in [0.25, 0.3) is 0 Å². The third-order valence-corrected chi connectivity index (χ3v) is 6.66. The minimum atomic E-state index is -1.20. The summed E-state index contributed by atoms with van der Waals surface area (Å²) in [4.78, 5) is 55.1. The first-order valence-corrected chi connectivity index (χ1v) is 13.8. The molecule has 0 saturated carbocycles. The molecule has 1 aromatic rings. The van der Waals surface area contributed by atoms with E-state index in [4.69, 9.17) is 22.9 Å². The number of phenolic OH excluding ortho intramolecular Hbond substituents is 1. The standard InChI is InChI=1S/C27H46N8O6/c1-3-16(2)22(35-23(37)19(29)15-17-9-11-18(36)12-10-17)25(39)33-20(8-6-14-32-27(30)31)24(38)34-21(26(40)41)7-4-5-13-28/h9-12,16,19-22,36H,3-8,13-15,28-29H2,1-2H3,(H,33,39)(H,34,38)(H,35,37)(H,40,41)(H4,30,31,32). The highest BCUT2D eigenvalue weighted by atomic mass is 16.4. The lowest BCUT2D eigenvalue weighted by Gasteiger charge is -2.28. The van der Waals surface area contributed by atoms with Crippen LogP contribution < -0.4 is 38.9 Å². The molecule has 0 saturated heterocycles. The minimum Gasteiger partial charge on any atom is -0.508 e. The molecule has 5 unspecified atom stereocenters. The summed E-state index contributed by atoms with van der Waals surface area (Å²) in [5.41, 5.74) is 23.0. The highest BCUT2D eigenvalue weighted by molar-refractivity contribution is 5.94. The van der Waals surface area contributed by atoms with Crippen LogP contribution in [0.2, 0.25) is 0 Å². The number of nitrogens with zero attached hydrogens (tertiary/aromatic N) is 1. The van der Waals surface area contributed by atoms with E-state index in [0.717, 1.165) is 5.56 Å². The van der Waals surface area contributed by atoms with Crippen LogP contribution in [0.5, 0.6) is 5.75 Å². The second-order valence-corrected chi connectivity index (χ2v) is 10.0. The highest BCUT2D eigenvalue weighted by Crippen LogP contribution is 2.13. The maximum atomic E-state index is 13.4. The van der Waals surface area contributed by atoms with Crippen LogP contribution in [-0.2, 0) is 25.6 Å². The van der Waals surface area contributed by atoms with Gasteiger partial charge in [-0.1, -0.05) is 32.4 Å². The molecule has 14 nitrogen and oxygen atoms in total. The molecule has 1 rings (SSSR count). The summed E-state index contributed by atoms with van der Waals surface area (Å²) in [5, 5.41) is 26.9. The topological polar surface area (TPSA) is 261 Å². The van der Waals surface area contributed by atoms with E-state index in [0.29, 0.717) is 32.2 Å². The van der Waals surface area contributed by atoms with Gasteiger partial charge in [-0.05, 0) is 68.7 Å². The van der Waals surface area contributed by atoms with Crippen molar-refractivity contribution in [3.05, 3.63) is 29.8 Å². The summed E-state index contributed by atoms with van der Waals surface area (Å²) in [5.74, 6) is -3.39. The van der Waals surface area contributed by atoms with Crippen molar-refractivity contribution >= 4 is 29.7 Å². The van der Waals surface area contributed by atoms with Crippen molar-refractivity contribution in [3.63, 3.8) is 0 Å². The van der Waals surface area contributed by atoms with Gasteiger partial charge in [0.25, 0.3) is 0 Å². The number of carbonyl (C=O) groups is 4. The van der Waals surface area contributed by atoms with Crippen molar-refractivity contribution in [2.75, 3.05) is 13.1 Å². The lowest BCUT2D eigenvalue weighted by Crippen LogP contribution is -2.58. The summed E-state index contributed by atoms with van der Waals surface area (Å²) in [6.45, 7) is 4.22. The number of guanidine groups is 1. The van der Waals surface area contributed by atoms with Gasteiger partial charge in [0, 0.05) is 6.54 Å². The number of benzene rings is 1. The van der Waals surface area contributed by atoms with E-state index in [2.05, 4.69) is 20.9 Å². The fourth-order valence-corrected chi connectivity index (χ4v) is 4.00. The van der Waals surface area contributed by atoms with Crippen molar-refractivity contribution in [1.82, 2.24) is 16.0 Å². The molecule has 0 radical (unpaired) electrons. The van der Waals surface area contributed by atoms with Crippen molar-refractivity contribution in [1.29, 1.82) is 0 Å². The molecule has 5 atom stereocenters. The van der Waals surface area contributed by atoms with E-state index in [1.165, 1.54) is 12.1 Å². The SMILES string of the molecule is CCC(C)C(NC(=O)C(N)Cc1ccc(O)cc1)C(=O)NC(CCCN=C(N)N)C(=O)NC(CCCCN)C(=O)O. The number of carbonyl (C=O) groups excluding carboxylic acids is 3. The molecule has 230 valence electrons. The monoisotopic (exact) mass is 578 g/mol. The van der Waals surface area contributed by atoms with Crippen LogP contribution in [0, 0.1) is 5.92 Å².